The van der Waals surface area contributed by atoms with Crippen molar-refractivity contribution >= 4 is 29.2 Å². The van der Waals surface area contributed by atoms with Crippen LogP contribution in [0, 0.1) is 16.0 Å². The first-order valence-corrected chi connectivity index (χ1v) is 9.40. The summed E-state index contributed by atoms with van der Waals surface area (Å²) in [5.74, 6) is -1.10. The molecule has 0 aliphatic carbocycles. The van der Waals surface area contributed by atoms with Crippen molar-refractivity contribution < 1.29 is 24.0 Å². The molecule has 0 N–H and O–H groups in total. The minimum Gasteiger partial charge on any atom is -0.452 e. The normalized spacial score (nSPS) is 17.7. The van der Waals surface area contributed by atoms with Gasteiger partial charge in [-0.05, 0) is 37.3 Å². The molecule has 0 spiro atoms. The molecule has 2 fully saturated rings. The fourth-order valence-electron chi connectivity index (χ4n) is 3.51. The van der Waals surface area contributed by atoms with E-state index in [0.717, 1.165) is 30.8 Å². The van der Waals surface area contributed by atoms with Crippen molar-refractivity contribution in [2.75, 3.05) is 31.1 Å². The van der Waals surface area contributed by atoms with E-state index in [0.29, 0.717) is 31.0 Å². The van der Waals surface area contributed by atoms with Crippen LogP contribution in [0.3, 0.4) is 0 Å². The number of hydrogen-bond acceptors (Lipinski definition) is 7. The molecule has 150 valence electrons. The largest absolute Gasteiger partial charge is 0.452 e. The fourth-order valence-corrected chi connectivity index (χ4v) is 3.51. The van der Waals surface area contributed by atoms with Gasteiger partial charge in [-0.3, -0.25) is 24.6 Å². The smallest absolute Gasteiger partial charge is 0.338 e. The van der Waals surface area contributed by atoms with Gasteiger partial charge in [0.15, 0.2) is 6.61 Å². The van der Waals surface area contributed by atoms with Crippen molar-refractivity contribution in [2.24, 2.45) is 5.92 Å². The standard InChI is InChI=1S/C19H23N3O6/c1-13-6-9-20(10-7-13)15-5-4-14(11-16(15)22(26)27)19(25)28-12-18(24)21-8-2-3-17(21)23/h4-5,11,13H,2-3,6-10,12H2,1H3. The van der Waals surface area contributed by atoms with Crippen LogP contribution in [0.4, 0.5) is 11.4 Å². The van der Waals surface area contributed by atoms with E-state index in [-0.39, 0.29) is 17.2 Å². The lowest BCUT2D eigenvalue weighted by atomic mass is 9.98. The van der Waals surface area contributed by atoms with Gasteiger partial charge in [0.1, 0.15) is 5.69 Å². The van der Waals surface area contributed by atoms with Crippen LogP contribution >= 0.6 is 0 Å². The summed E-state index contributed by atoms with van der Waals surface area (Å²) in [6.45, 7) is 3.37. The van der Waals surface area contributed by atoms with Gasteiger partial charge in [0, 0.05) is 32.1 Å². The van der Waals surface area contributed by atoms with E-state index >= 15 is 0 Å². The van der Waals surface area contributed by atoms with Crippen LogP contribution in [-0.2, 0) is 14.3 Å². The van der Waals surface area contributed by atoms with Crippen LogP contribution in [-0.4, -0.2) is 53.8 Å². The Morgan fingerprint density at radius 2 is 1.96 bits per heavy atom. The number of nitro groups is 1. The monoisotopic (exact) mass is 389 g/mol. The quantitative estimate of drug-likeness (QED) is 0.431. The number of rotatable bonds is 5. The number of nitrogens with zero attached hydrogens (tertiary/aromatic N) is 3. The van der Waals surface area contributed by atoms with Crippen molar-refractivity contribution in [1.29, 1.82) is 0 Å². The van der Waals surface area contributed by atoms with E-state index < -0.39 is 23.4 Å². The van der Waals surface area contributed by atoms with Gasteiger partial charge < -0.3 is 9.64 Å². The van der Waals surface area contributed by atoms with Crippen molar-refractivity contribution in [3.63, 3.8) is 0 Å². The minimum absolute atomic E-state index is 0.00127. The maximum atomic E-state index is 12.2. The Bertz CT molecular complexity index is 801. The zero-order chi connectivity index (χ0) is 20.3. The summed E-state index contributed by atoms with van der Waals surface area (Å²) in [6, 6.07) is 4.20. The number of esters is 1. The van der Waals surface area contributed by atoms with E-state index in [2.05, 4.69) is 6.92 Å². The molecule has 2 amide bonds. The molecule has 0 radical (unpaired) electrons. The Labute approximate surface area is 162 Å². The first-order chi connectivity index (χ1) is 13.4. The van der Waals surface area contributed by atoms with Crippen LogP contribution in [0.15, 0.2) is 18.2 Å². The zero-order valence-corrected chi connectivity index (χ0v) is 15.8. The second-order valence-corrected chi connectivity index (χ2v) is 7.25. The van der Waals surface area contributed by atoms with Gasteiger partial charge in [0.2, 0.25) is 5.91 Å². The molecule has 0 bridgehead atoms. The maximum Gasteiger partial charge on any atom is 0.338 e. The number of nitro benzene ring substituents is 1. The highest BCUT2D eigenvalue weighted by molar-refractivity contribution is 5.99. The zero-order valence-electron chi connectivity index (χ0n) is 15.8. The Hall–Kier alpha value is -2.97. The number of likely N-dealkylation sites (tertiary alicyclic amines) is 1. The molecule has 0 saturated carbocycles. The second kappa shape index (κ2) is 8.37. The van der Waals surface area contributed by atoms with Gasteiger partial charge in [-0.25, -0.2) is 4.79 Å². The molecule has 2 saturated heterocycles. The second-order valence-electron chi connectivity index (χ2n) is 7.25. The summed E-state index contributed by atoms with van der Waals surface area (Å²) in [5, 5.41) is 11.5. The van der Waals surface area contributed by atoms with Gasteiger partial charge in [-0.15, -0.1) is 0 Å². The number of ether oxygens (including phenoxy) is 1. The third-order valence-electron chi connectivity index (χ3n) is 5.23. The highest BCUT2D eigenvalue weighted by atomic mass is 16.6. The van der Waals surface area contributed by atoms with Crippen LogP contribution in [0.25, 0.3) is 0 Å². The predicted molar refractivity (Wildman–Crippen MR) is 99.9 cm³/mol. The molecule has 9 nitrogen and oxygen atoms in total. The lowest BCUT2D eigenvalue weighted by Gasteiger charge is -2.31. The number of amides is 2. The number of carbonyl (C=O) groups is 3. The Morgan fingerprint density at radius 1 is 1.25 bits per heavy atom. The number of benzene rings is 1. The molecule has 0 aromatic heterocycles. The topological polar surface area (TPSA) is 110 Å². The van der Waals surface area contributed by atoms with E-state index in [4.69, 9.17) is 4.74 Å². The summed E-state index contributed by atoms with van der Waals surface area (Å²) < 4.78 is 4.97. The van der Waals surface area contributed by atoms with Crippen molar-refractivity contribution in [2.45, 2.75) is 32.6 Å². The molecule has 2 aliphatic heterocycles. The van der Waals surface area contributed by atoms with Crippen LogP contribution in [0.5, 0.6) is 0 Å². The van der Waals surface area contributed by atoms with E-state index in [1.54, 1.807) is 6.07 Å². The number of imide groups is 1. The molecule has 1 aromatic rings. The van der Waals surface area contributed by atoms with Crippen molar-refractivity contribution in [3.8, 4) is 0 Å². The van der Waals surface area contributed by atoms with Gasteiger partial charge >= 0.3 is 5.97 Å². The average Bonchev–Trinajstić information content (AvgIpc) is 3.12. The van der Waals surface area contributed by atoms with Crippen LogP contribution < -0.4 is 4.90 Å². The molecule has 1 aromatic carbocycles. The SMILES string of the molecule is CC1CCN(c2ccc(C(=O)OCC(=O)N3CCCC3=O)cc2[N+](=O)[O-])CC1. The molecular weight excluding hydrogens is 366 g/mol. The third kappa shape index (κ3) is 4.29. The molecule has 9 heteroatoms. The van der Waals surface area contributed by atoms with Gasteiger partial charge in [0.05, 0.1) is 10.5 Å². The molecule has 0 atom stereocenters. The summed E-state index contributed by atoms with van der Waals surface area (Å²) in [7, 11) is 0. The average molecular weight is 389 g/mol. The van der Waals surface area contributed by atoms with Crippen LogP contribution in [0.2, 0.25) is 0 Å². The molecule has 2 aliphatic rings. The molecule has 2 heterocycles. The summed E-state index contributed by atoms with van der Waals surface area (Å²) in [6.07, 6.45) is 2.82. The van der Waals surface area contributed by atoms with Gasteiger partial charge in [0.25, 0.3) is 11.6 Å². The highest BCUT2D eigenvalue weighted by Gasteiger charge is 2.28. The Morgan fingerprint density at radius 3 is 2.57 bits per heavy atom. The lowest BCUT2D eigenvalue weighted by Crippen LogP contribution is -2.35. The Kier molecular flexibility index (Phi) is 5.91. The lowest BCUT2D eigenvalue weighted by molar-refractivity contribution is -0.384. The number of carbonyl (C=O) groups excluding carboxylic acids is 3. The summed E-state index contributed by atoms with van der Waals surface area (Å²) >= 11 is 0. The number of piperidine rings is 1. The van der Waals surface area contributed by atoms with E-state index in [1.807, 2.05) is 4.90 Å². The fraction of sp³-hybridized carbons (Fsp3) is 0.526. The first-order valence-electron chi connectivity index (χ1n) is 9.40. The van der Waals surface area contributed by atoms with Crippen molar-refractivity contribution in [3.05, 3.63) is 33.9 Å². The summed E-state index contributed by atoms with van der Waals surface area (Å²) in [5.41, 5.74) is 0.318. The molecule has 0 unspecified atom stereocenters. The Balaban J connectivity index is 1.68. The van der Waals surface area contributed by atoms with Crippen molar-refractivity contribution in [1.82, 2.24) is 4.90 Å². The first kappa shape index (κ1) is 19.8. The predicted octanol–water partition coefficient (Wildman–Crippen LogP) is 2.14. The third-order valence-corrected chi connectivity index (χ3v) is 5.23. The minimum atomic E-state index is -0.832. The summed E-state index contributed by atoms with van der Waals surface area (Å²) in [4.78, 5) is 49.8. The highest BCUT2D eigenvalue weighted by Crippen LogP contribution is 2.32. The molecular formula is C19H23N3O6. The molecule has 3 rings (SSSR count). The number of hydrogen-bond donors (Lipinski definition) is 0. The van der Waals surface area contributed by atoms with Gasteiger partial charge in [-0.1, -0.05) is 6.92 Å². The van der Waals surface area contributed by atoms with E-state index in [1.165, 1.54) is 12.1 Å². The number of anilines is 1. The van der Waals surface area contributed by atoms with Crippen LogP contribution in [0.1, 0.15) is 43.0 Å². The van der Waals surface area contributed by atoms with E-state index in [9.17, 15) is 24.5 Å². The maximum absolute atomic E-state index is 12.2. The van der Waals surface area contributed by atoms with Gasteiger partial charge in [-0.2, -0.15) is 0 Å². The molecule has 28 heavy (non-hydrogen) atoms.